The maximum Gasteiger partial charge on any atom is 0.488 e. The van der Waals surface area contributed by atoms with E-state index in [2.05, 4.69) is 25.1 Å². The molecule has 0 aliphatic heterocycles. The summed E-state index contributed by atoms with van der Waals surface area (Å²) in [6, 6.07) is 2.91. The van der Waals surface area contributed by atoms with Crippen LogP contribution in [-0.2, 0) is 5.54 Å². The van der Waals surface area contributed by atoms with Crippen molar-refractivity contribution in [2.24, 2.45) is 5.73 Å². The second-order valence-electron chi connectivity index (χ2n) is 5.53. The second kappa shape index (κ2) is 4.98. The number of nitrogens with one attached hydrogen (secondary N) is 1. The van der Waals surface area contributed by atoms with E-state index >= 15 is 0 Å². The summed E-state index contributed by atoms with van der Waals surface area (Å²) in [6.07, 6.45) is 4.53. The first kappa shape index (κ1) is 14.1. The first-order valence-electron chi connectivity index (χ1n) is 7.05. The van der Waals surface area contributed by atoms with Crippen molar-refractivity contribution in [1.82, 2.24) is 25.1 Å². The molecule has 10 heteroatoms. The number of H-pyrrole nitrogens is 1. The molecule has 0 bridgehead atoms. The molecule has 0 saturated heterocycles. The van der Waals surface area contributed by atoms with Crippen LogP contribution in [0.5, 0.6) is 11.8 Å². The predicted octanol–water partition coefficient (Wildman–Crippen LogP) is -0.832. The van der Waals surface area contributed by atoms with Crippen LogP contribution in [0.15, 0.2) is 24.7 Å². The van der Waals surface area contributed by atoms with Crippen LogP contribution in [0.25, 0.3) is 11.0 Å². The Labute approximate surface area is 130 Å². The van der Waals surface area contributed by atoms with E-state index < -0.39 is 12.7 Å². The molecule has 1 fully saturated rings. The number of aromatic amines is 1. The normalized spacial score (nSPS) is 15.6. The van der Waals surface area contributed by atoms with E-state index in [1.165, 1.54) is 24.7 Å². The molecule has 23 heavy (non-hydrogen) atoms. The van der Waals surface area contributed by atoms with Gasteiger partial charge in [0, 0.05) is 12.3 Å². The summed E-state index contributed by atoms with van der Waals surface area (Å²) in [6.45, 7) is 0. The molecule has 3 aromatic heterocycles. The maximum atomic E-state index is 9.22. The minimum absolute atomic E-state index is 0.192. The predicted molar refractivity (Wildman–Crippen MR) is 80.9 cm³/mol. The first-order chi connectivity index (χ1) is 11.1. The average Bonchev–Trinajstić information content (AvgIpc) is 3.17. The lowest BCUT2D eigenvalue weighted by atomic mass is 9.81. The number of aromatic nitrogens is 5. The first-order valence-corrected chi connectivity index (χ1v) is 7.05. The summed E-state index contributed by atoms with van der Waals surface area (Å²) in [5.41, 5.74) is 7.19. The summed E-state index contributed by atoms with van der Waals surface area (Å²) < 4.78 is 5.70. The molecule has 0 atom stereocenters. The lowest BCUT2D eigenvalue weighted by Crippen LogP contribution is -2.29. The highest BCUT2D eigenvalue weighted by Crippen LogP contribution is 2.45. The van der Waals surface area contributed by atoms with Gasteiger partial charge in [-0.15, -0.1) is 0 Å². The van der Waals surface area contributed by atoms with Crippen LogP contribution in [0.4, 0.5) is 0 Å². The molecule has 1 saturated carbocycles. The molecule has 0 amide bonds. The number of hydrogen-bond donors (Lipinski definition) is 4. The van der Waals surface area contributed by atoms with Crippen LogP contribution in [0.3, 0.4) is 0 Å². The quantitative estimate of drug-likeness (QED) is 0.457. The zero-order valence-electron chi connectivity index (χ0n) is 12.0. The smallest absolute Gasteiger partial charge is 0.423 e. The summed E-state index contributed by atoms with van der Waals surface area (Å²) in [5.74, 6) is 0.516. The molecular weight excluding hydrogens is 299 g/mol. The molecule has 4 rings (SSSR count). The third kappa shape index (κ3) is 2.42. The Kier molecular flexibility index (Phi) is 3.05. The van der Waals surface area contributed by atoms with Crippen molar-refractivity contribution in [3.8, 4) is 11.8 Å². The van der Waals surface area contributed by atoms with Crippen LogP contribution in [0, 0.1) is 0 Å². The molecule has 3 heterocycles. The Balaban J connectivity index is 1.76. The number of nitrogens with zero attached hydrogens (tertiary/aromatic N) is 4. The summed E-state index contributed by atoms with van der Waals surface area (Å²) in [5, 5.41) is 25.9. The maximum absolute atomic E-state index is 9.22. The average molecular weight is 312 g/mol. The molecule has 1 aliphatic rings. The van der Waals surface area contributed by atoms with Gasteiger partial charge in [-0.25, -0.2) is 20.1 Å². The number of ether oxygens (including phenoxy) is 1. The Bertz CT molecular complexity index is 879. The van der Waals surface area contributed by atoms with Gasteiger partial charge in [0.15, 0.2) is 5.65 Å². The fraction of sp³-hybridized carbons (Fsp3) is 0.231. The van der Waals surface area contributed by atoms with Gasteiger partial charge >= 0.3 is 7.12 Å². The zero-order chi connectivity index (χ0) is 16.0. The number of rotatable bonds is 4. The van der Waals surface area contributed by atoms with Crippen molar-refractivity contribution >= 4 is 23.6 Å². The van der Waals surface area contributed by atoms with Gasteiger partial charge in [-0.3, -0.25) is 0 Å². The second-order valence-corrected chi connectivity index (χ2v) is 5.53. The van der Waals surface area contributed by atoms with Gasteiger partial charge in [-0.1, -0.05) is 0 Å². The van der Waals surface area contributed by atoms with Gasteiger partial charge in [0.2, 0.25) is 11.8 Å². The van der Waals surface area contributed by atoms with E-state index in [1.54, 1.807) is 0 Å². The van der Waals surface area contributed by atoms with Gasteiger partial charge in [0.1, 0.15) is 11.7 Å². The topological polar surface area (TPSA) is 143 Å². The minimum atomic E-state index is -1.60. The van der Waals surface area contributed by atoms with Gasteiger partial charge in [-0.2, -0.15) is 5.10 Å². The summed E-state index contributed by atoms with van der Waals surface area (Å²) in [4.78, 5) is 12.4. The van der Waals surface area contributed by atoms with Crippen molar-refractivity contribution in [1.29, 1.82) is 0 Å². The molecule has 0 unspecified atom stereocenters. The van der Waals surface area contributed by atoms with Crippen LogP contribution < -0.4 is 15.9 Å². The van der Waals surface area contributed by atoms with E-state index in [9.17, 15) is 10.0 Å². The Morgan fingerprint density at radius 3 is 2.83 bits per heavy atom. The van der Waals surface area contributed by atoms with E-state index in [0.717, 1.165) is 12.8 Å². The molecule has 0 radical (unpaired) electrons. The number of nitrogens with two attached hydrogens (primary N) is 1. The van der Waals surface area contributed by atoms with E-state index in [0.29, 0.717) is 22.6 Å². The zero-order valence-corrected chi connectivity index (χ0v) is 12.0. The largest absolute Gasteiger partial charge is 0.488 e. The molecular formula is C13H13BN6O3. The third-order valence-corrected chi connectivity index (χ3v) is 3.84. The summed E-state index contributed by atoms with van der Waals surface area (Å²) >= 11 is 0. The molecule has 0 spiro atoms. The number of fused-ring (bicyclic) bond motifs is 1. The molecule has 5 N–H and O–H groups in total. The Morgan fingerprint density at radius 2 is 2.09 bits per heavy atom. The Hall–Kier alpha value is -2.56. The van der Waals surface area contributed by atoms with Gasteiger partial charge < -0.3 is 20.5 Å². The van der Waals surface area contributed by atoms with E-state index in [-0.39, 0.29) is 11.3 Å². The highest BCUT2D eigenvalue weighted by molar-refractivity contribution is 6.58. The molecule has 9 nitrogen and oxygen atoms in total. The van der Waals surface area contributed by atoms with Gasteiger partial charge in [0.05, 0.1) is 11.2 Å². The van der Waals surface area contributed by atoms with Crippen molar-refractivity contribution in [2.75, 3.05) is 0 Å². The fourth-order valence-corrected chi connectivity index (χ4v) is 2.40. The third-order valence-electron chi connectivity index (χ3n) is 3.84. The fourth-order valence-electron chi connectivity index (χ4n) is 2.40. The van der Waals surface area contributed by atoms with Gasteiger partial charge in [-0.05, 0) is 24.4 Å². The standard InChI is InChI=1S/C13H13BN6O3/c15-13(2-3-13)10-9-11(18-6-17-10)19-20-12(9)23-8-5-7(14(21)22)1-4-16-8/h1,4-6,21-22H,2-3,15H2,(H,17,18,19,20). The van der Waals surface area contributed by atoms with Crippen molar-refractivity contribution in [2.45, 2.75) is 18.4 Å². The lowest BCUT2D eigenvalue weighted by Gasteiger charge is -2.10. The van der Waals surface area contributed by atoms with Crippen LogP contribution in [-0.4, -0.2) is 42.3 Å². The molecule has 3 aromatic rings. The number of hydrogen-bond acceptors (Lipinski definition) is 8. The van der Waals surface area contributed by atoms with Crippen molar-refractivity contribution in [3.05, 3.63) is 30.4 Å². The van der Waals surface area contributed by atoms with Crippen LogP contribution in [0.2, 0.25) is 0 Å². The van der Waals surface area contributed by atoms with E-state index in [1.807, 2.05) is 0 Å². The van der Waals surface area contributed by atoms with Crippen molar-refractivity contribution in [3.63, 3.8) is 0 Å². The van der Waals surface area contributed by atoms with Crippen LogP contribution >= 0.6 is 0 Å². The molecule has 1 aliphatic carbocycles. The lowest BCUT2D eigenvalue weighted by molar-refractivity contribution is 0.423. The molecule has 116 valence electrons. The van der Waals surface area contributed by atoms with Crippen LogP contribution in [0.1, 0.15) is 18.5 Å². The highest BCUT2D eigenvalue weighted by Gasteiger charge is 2.44. The van der Waals surface area contributed by atoms with Gasteiger partial charge in [0.25, 0.3) is 0 Å². The van der Waals surface area contributed by atoms with Crippen molar-refractivity contribution < 1.29 is 14.8 Å². The SMILES string of the molecule is NC1(c2ncnc3n[nH]c(Oc4cc(B(O)O)ccn4)c23)CC1. The molecule has 0 aromatic carbocycles. The monoisotopic (exact) mass is 312 g/mol. The Morgan fingerprint density at radius 1 is 1.26 bits per heavy atom. The van der Waals surface area contributed by atoms with E-state index in [4.69, 9.17) is 10.5 Å². The summed E-state index contributed by atoms with van der Waals surface area (Å²) in [7, 11) is -1.60. The highest BCUT2D eigenvalue weighted by atomic mass is 16.5. The number of pyridine rings is 1. The minimum Gasteiger partial charge on any atom is -0.423 e.